The van der Waals surface area contributed by atoms with Gasteiger partial charge in [0.15, 0.2) is 10.8 Å². The molecular weight excluding hydrogens is 294 g/mol. The molecule has 3 nitrogen and oxygen atoms in total. The van der Waals surface area contributed by atoms with E-state index in [0.717, 1.165) is 27.8 Å². The molecule has 0 aliphatic carbocycles. The smallest absolute Gasteiger partial charge is 0.181 e. The number of aryl methyl sites for hydroxylation is 1. The van der Waals surface area contributed by atoms with Crippen molar-refractivity contribution in [2.45, 2.75) is 26.7 Å². The average molecular weight is 311 g/mol. The van der Waals surface area contributed by atoms with Gasteiger partial charge in [-0.1, -0.05) is 12.1 Å². The molecule has 2 heterocycles. The van der Waals surface area contributed by atoms with Crippen molar-refractivity contribution in [2.75, 3.05) is 0 Å². The first kappa shape index (κ1) is 14.7. The summed E-state index contributed by atoms with van der Waals surface area (Å²) in [5, 5.41) is 2.93. The Kier molecular flexibility index (Phi) is 3.94. The Labute approximate surface area is 134 Å². The van der Waals surface area contributed by atoms with Crippen LogP contribution in [0, 0.1) is 6.92 Å². The number of hydrogen-bond donors (Lipinski definition) is 0. The highest BCUT2D eigenvalue weighted by molar-refractivity contribution is 7.12. The van der Waals surface area contributed by atoms with Gasteiger partial charge in [0.2, 0.25) is 0 Å². The number of aliphatic imine (C=N–C) groups is 1. The maximum absolute atomic E-state index is 12.2. The first-order valence-electron chi connectivity index (χ1n) is 7.13. The van der Waals surface area contributed by atoms with E-state index < -0.39 is 0 Å². The number of benzene rings is 1. The molecule has 4 heteroatoms. The quantitative estimate of drug-likeness (QED) is 0.810. The van der Waals surface area contributed by atoms with Gasteiger partial charge in [0.05, 0.1) is 5.92 Å². The third kappa shape index (κ3) is 3.02. The highest BCUT2D eigenvalue weighted by Crippen LogP contribution is 2.30. The second-order valence-electron chi connectivity index (χ2n) is 5.49. The number of thiophene rings is 1. The van der Waals surface area contributed by atoms with Crippen LogP contribution in [0.1, 0.15) is 30.9 Å². The predicted octanol–water partition coefficient (Wildman–Crippen LogP) is 4.88. The van der Waals surface area contributed by atoms with E-state index in [1.165, 1.54) is 5.56 Å². The van der Waals surface area contributed by atoms with Crippen LogP contribution in [-0.2, 0) is 4.79 Å². The van der Waals surface area contributed by atoms with Gasteiger partial charge in [-0.3, -0.25) is 9.79 Å². The highest BCUT2D eigenvalue weighted by atomic mass is 32.1. The van der Waals surface area contributed by atoms with Gasteiger partial charge in [-0.05, 0) is 55.5 Å². The zero-order valence-electron chi connectivity index (χ0n) is 12.8. The SMILES string of the molecule is CC1=CC(=O)C(c2ccc(Oc3cc(C)cs3)cc2)C(C)=N1. The largest absolute Gasteiger partial charge is 0.447 e. The average Bonchev–Trinajstić information content (AvgIpc) is 2.85. The van der Waals surface area contributed by atoms with Gasteiger partial charge in [0.1, 0.15) is 5.75 Å². The van der Waals surface area contributed by atoms with Crippen molar-refractivity contribution in [1.29, 1.82) is 0 Å². The van der Waals surface area contributed by atoms with Crippen LogP contribution in [0.5, 0.6) is 10.8 Å². The van der Waals surface area contributed by atoms with E-state index in [1.807, 2.05) is 51.1 Å². The van der Waals surface area contributed by atoms with Crippen LogP contribution in [0.25, 0.3) is 0 Å². The minimum Gasteiger partial charge on any atom is -0.447 e. The standard InChI is InChI=1S/C18H17NO2S/c1-11-8-17(22-10-11)21-15-6-4-14(5-7-15)18-13(3)19-12(2)9-16(18)20/h4-10,18H,1-3H3. The predicted molar refractivity (Wildman–Crippen MR) is 90.2 cm³/mol. The Morgan fingerprint density at radius 3 is 2.45 bits per heavy atom. The summed E-state index contributed by atoms with van der Waals surface area (Å²) in [5.74, 6) is 0.587. The van der Waals surface area contributed by atoms with Gasteiger partial charge in [-0.2, -0.15) is 0 Å². The fraction of sp³-hybridized carbons (Fsp3) is 0.222. The first-order chi connectivity index (χ1) is 10.5. The molecule has 1 aliphatic rings. The first-order valence-corrected chi connectivity index (χ1v) is 8.01. The van der Waals surface area contributed by atoms with Crippen molar-refractivity contribution in [2.24, 2.45) is 4.99 Å². The molecule has 22 heavy (non-hydrogen) atoms. The summed E-state index contributed by atoms with van der Waals surface area (Å²) in [7, 11) is 0. The van der Waals surface area contributed by atoms with E-state index in [1.54, 1.807) is 17.4 Å². The van der Waals surface area contributed by atoms with Crippen LogP contribution in [0.4, 0.5) is 0 Å². The molecule has 1 aromatic heterocycles. The summed E-state index contributed by atoms with van der Waals surface area (Å²) in [6.07, 6.45) is 1.61. The molecule has 0 fully saturated rings. The lowest BCUT2D eigenvalue weighted by atomic mass is 9.88. The van der Waals surface area contributed by atoms with Crippen LogP contribution in [-0.4, -0.2) is 11.5 Å². The van der Waals surface area contributed by atoms with Crippen molar-refractivity contribution >= 4 is 22.8 Å². The van der Waals surface area contributed by atoms with Gasteiger partial charge in [0.25, 0.3) is 0 Å². The maximum Gasteiger partial charge on any atom is 0.181 e. The maximum atomic E-state index is 12.2. The summed E-state index contributed by atoms with van der Waals surface area (Å²) in [6.45, 7) is 5.79. The van der Waals surface area contributed by atoms with Crippen molar-refractivity contribution in [3.8, 4) is 10.8 Å². The van der Waals surface area contributed by atoms with Crippen LogP contribution in [0.15, 0.2) is 52.5 Å². The van der Waals surface area contributed by atoms with Crippen LogP contribution >= 0.6 is 11.3 Å². The molecule has 1 unspecified atom stereocenters. The summed E-state index contributed by atoms with van der Waals surface area (Å²) >= 11 is 1.57. The van der Waals surface area contributed by atoms with Crippen molar-refractivity contribution < 1.29 is 9.53 Å². The Morgan fingerprint density at radius 1 is 1.14 bits per heavy atom. The molecule has 2 aromatic rings. The number of allylic oxidation sites excluding steroid dienone is 2. The Bertz CT molecular complexity index is 769. The number of rotatable bonds is 3. The summed E-state index contributed by atoms with van der Waals surface area (Å²) < 4.78 is 5.80. The summed E-state index contributed by atoms with van der Waals surface area (Å²) in [4.78, 5) is 16.6. The van der Waals surface area contributed by atoms with E-state index in [4.69, 9.17) is 4.74 Å². The normalized spacial score (nSPS) is 18.0. The summed E-state index contributed by atoms with van der Waals surface area (Å²) in [5.41, 5.74) is 3.75. The monoisotopic (exact) mass is 311 g/mol. The zero-order valence-corrected chi connectivity index (χ0v) is 13.6. The van der Waals surface area contributed by atoms with Crippen LogP contribution < -0.4 is 4.74 Å². The molecule has 112 valence electrons. The number of hydrogen-bond acceptors (Lipinski definition) is 4. The zero-order chi connectivity index (χ0) is 15.7. The van der Waals surface area contributed by atoms with Gasteiger partial charge in [-0.15, -0.1) is 11.3 Å². The number of carbonyl (C=O) groups excluding carboxylic acids is 1. The highest BCUT2D eigenvalue weighted by Gasteiger charge is 2.25. The molecule has 0 radical (unpaired) electrons. The van der Waals surface area contributed by atoms with Gasteiger partial charge >= 0.3 is 0 Å². The second-order valence-corrected chi connectivity index (χ2v) is 6.36. The molecule has 0 saturated carbocycles. The fourth-order valence-electron chi connectivity index (χ4n) is 2.58. The van der Waals surface area contributed by atoms with Crippen LogP contribution in [0.2, 0.25) is 0 Å². The summed E-state index contributed by atoms with van der Waals surface area (Å²) in [6, 6.07) is 9.68. The number of nitrogens with zero attached hydrogens (tertiary/aromatic N) is 1. The molecule has 0 bridgehead atoms. The third-order valence-corrected chi connectivity index (χ3v) is 4.47. The molecule has 0 N–H and O–H groups in total. The fourth-order valence-corrected chi connectivity index (χ4v) is 3.35. The molecule has 0 saturated heterocycles. The van der Waals surface area contributed by atoms with E-state index in [0.29, 0.717) is 0 Å². The number of ketones is 1. The third-order valence-electron chi connectivity index (χ3n) is 3.54. The minimum atomic E-state index is -0.276. The molecule has 3 rings (SSSR count). The van der Waals surface area contributed by atoms with Crippen molar-refractivity contribution in [3.63, 3.8) is 0 Å². The van der Waals surface area contributed by atoms with Gasteiger partial charge in [-0.25, -0.2) is 0 Å². The lowest BCUT2D eigenvalue weighted by Crippen LogP contribution is -2.21. The Balaban J connectivity index is 1.80. The van der Waals surface area contributed by atoms with E-state index in [2.05, 4.69) is 10.4 Å². The molecule has 1 aliphatic heterocycles. The van der Waals surface area contributed by atoms with E-state index in [-0.39, 0.29) is 11.7 Å². The van der Waals surface area contributed by atoms with Crippen LogP contribution in [0.3, 0.4) is 0 Å². The second kappa shape index (κ2) is 5.89. The molecule has 0 spiro atoms. The lowest BCUT2D eigenvalue weighted by molar-refractivity contribution is -0.114. The minimum absolute atomic E-state index is 0.0903. The molecular formula is C18H17NO2S. The number of ether oxygens (including phenoxy) is 1. The molecule has 0 amide bonds. The van der Waals surface area contributed by atoms with E-state index >= 15 is 0 Å². The van der Waals surface area contributed by atoms with Gasteiger partial charge in [0, 0.05) is 17.5 Å². The topological polar surface area (TPSA) is 38.7 Å². The lowest BCUT2D eigenvalue weighted by Gasteiger charge is -2.18. The molecule has 1 atom stereocenters. The Hall–Kier alpha value is -2.20. The van der Waals surface area contributed by atoms with Gasteiger partial charge < -0.3 is 4.74 Å². The van der Waals surface area contributed by atoms with E-state index in [9.17, 15) is 4.79 Å². The Morgan fingerprint density at radius 2 is 1.86 bits per heavy atom. The van der Waals surface area contributed by atoms with Crippen molar-refractivity contribution in [3.05, 3.63) is 58.6 Å². The number of carbonyl (C=O) groups is 1. The van der Waals surface area contributed by atoms with Crippen molar-refractivity contribution in [1.82, 2.24) is 0 Å². The molecule has 1 aromatic carbocycles.